The van der Waals surface area contributed by atoms with E-state index in [1.807, 2.05) is 34.7 Å². The Morgan fingerprint density at radius 3 is 2.60 bits per heavy atom. The van der Waals surface area contributed by atoms with Gasteiger partial charge in [0, 0.05) is 42.5 Å². The van der Waals surface area contributed by atoms with E-state index >= 15 is 0 Å². The van der Waals surface area contributed by atoms with Crippen LogP contribution in [-0.4, -0.2) is 38.5 Å². The molecule has 0 saturated carbocycles. The number of aromatic nitrogens is 3. The first-order chi connectivity index (χ1) is 12.1. The van der Waals surface area contributed by atoms with Crippen LogP contribution >= 0.6 is 0 Å². The van der Waals surface area contributed by atoms with Gasteiger partial charge in [0.05, 0.1) is 5.69 Å². The first kappa shape index (κ1) is 15.7. The van der Waals surface area contributed by atoms with Crippen molar-refractivity contribution in [1.29, 1.82) is 0 Å². The first-order valence-corrected chi connectivity index (χ1v) is 8.48. The second-order valence-corrected chi connectivity index (χ2v) is 6.50. The molecule has 1 saturated heterocycles. The predicted molar refractivity (Wildman–Crippen MR) is 92.0 cm³/mol. The third kappa shape index (κ3) is 2.99. The van der Waals surface area contributed by atoms with Gasteiger partial charge in [0.2, 0.25) is 0 Å². The highest BCUT2D eigenvalue weighted by Crippen LogP contribution is 2.28. The number of fused-ring (bicyclic) bond motifs is 1. The number of nitrogens with zero attached hydrogens (tertiary/aromatic N) is 4. The molecule has 0 unspecified atom stereocenters. The molecule has 0 radical (unpaired) electrons. The number of benzene rings is 1. The van der Waals surface area contributed by atoms with Crippen molar-refractivity contribution in [3.63, 3.8) is 0 Å². The van der Waals surface area contributed by atoms with Crippen LogP contribution in [0, 0.1) is 12.7 Å². The maximum absolute atomic E-state index is 13.0. The van der Waals surface area contributed by atoms with Crippen LogP contribution in [0.25, 0.3) is 5.65 Å². The molecule has 2 aromatic heterocycles. The monoisotopic (exact) mass is 338 g/mol. The van der Waals surface area contributed by atoms with Crippen LogP contribution in [0.15, 0.2) is 42.6 Å². The van der Waals surface area contributed by atoms with Crippen LogP contribution in [0.3, 0.4) is 0 Å². The molecule has 3 aromatic rings. The summed E-state index contributed by atoms with van der Waals surface area (Å²) < 4.78 is 14.9. The quantitative estimate of drug-likeness (QED) is 0.721. The number of halogens is 1. The summed E-state index contributed by atoms with van der Waals surface area (Å²) in [5.41, 5.74) is 3.49. The summed E-state index contributed by atoms with van der Waals surface area (Å²) in [5.74, 6) is -0.0122. The fraction of sp³-hybridized carbons (Fsp3) is 0.316. The number of aryl methyl sites for hydroxylation is 1. The Morgan fingerprint density at radius 1 is 1.16 bits per heavy atom. The van der Waals surface area contributed by atoms with Gasteiger partial charge in [-0.25, -0.2) is 13.9 Å². The summed E-state index contributed by atoms with van der Waals surface area (Å²) in [7, 11) is 0. The summed E-state index contributed by atoms with van der Waals surface area (Å²) in [6.07, 6.45) is 3.58. The molecular formula is C19H19FN4O. The molecule has 0 aliphatic carbocycles. The van der Waals surface area contributed by atoms with Crippen LogP contribution in [0.2, 0.25) is 0 Å². The standard InChI is InChI=1S/C19H19FN4O/c1-13-12-18-21-9-6-17(24(18)22-13)14-7-10-23(11-8-14)19(25)15-2-4-16(20)5-3-15/h2-6,9,12,14H,7-8,10-11H2,1H3. The van der Waals surface area contributed by atoms with Gasteiger partial charge in [0.25, 0.3) is 5.91 Å². The first-order valence-electron chi connectivity index (χ1n) is 8.48. The zero-order valence-corrected chi connectivity index (χ0v) is 14.0. The fourth-order valence-corrected chi connectivity index (χ4v) is 3.49. The summed E-state index contributed by atoms with van der Waals surface area (Å²) in [4.78, 5) is 18.7. The van der Waals surface area contributed by atoms with E-state index in [2.05, 4.69) is 10.1 Å². The van der Waals surface area contributed by atoms with Crippen molar-refractivity contribution in [1.82, 2.24) is 19.5 Å². The number of hydrogen-bond acceptors (Lipinski definition) is 3. The lowest BCUT2D eigenvalue weighted by atomic mass is 9.93. The van der Waals surface area contributed by atoms with Gasteiger partial charge in [-0.15, -0.1) is 0 Å². The van der Waals surface area contributed by atoms with Crippen LogP contribution in [-0.2, 0) is 0 Å². The van der Waals surface area contributed by atoms with Crippen molar-refractivity contribution >= 4 is 11.6 Å². The molecule has 1 amide bonds. The van der Waals surface area contributed by atoms with Crippen LogP contribution in [0.4, 0.5) is 4.39 Å². The summed E-state index contributed by atoms with van der Waals surface area (Å²) >= 11 is 0. The minimum absolute atomic E-state index is 0.0340. The molecule has 5 nitrogen and oxygen atoms in total. The van der Waals surface area contributed by atoms with Crippen molar-refractivity contribution in [2.24, 2.45) is 0 Å². The average Bonchev–Trinajstić information content (AvgIpc) is 3.02. The van der Waals surface area contributed by atoms with Crippen LogP contribution in [0.1, 0.15) is 40.5 Å². The van der Waals surface area contributed by atoms with E-state index in [4.69, 9.17) is 0 Å². The molecule has 25 heavy (non-hydrogen) atoms. The van der Waals surface area contributed by atoms with E-state index in [9.17, 15) is 9.18 Å². The van der Waals surface area contributed by atoms with E-state index < -0.39 is 0 Å². The Morgan fingerprint density at radius 2 is 1.88 bits per heavy atom. The molecule has 1 fully saturated rings. The lowest BCUT2D eigenvalue weighted by Gasteiger charge is -2.32. The predicted octanol–water partition coefficient (Wildman–Crippen LogP) is 3.20. The van der Waals surface area contributed by atoms with Crippen molar-refractivity contribution in [2.75, 3.05) is 13.1 Å². The van der Waals surface area contributed by atoms with Crippen molar-refractivity contribution in [3.8, 4) is 0 Å². The third-order valence-corrected chi connectivity index (χ3v) is 4.80. The summed E-state index contributed by atoms with van der Waals surface area (Å²) in [6.45, 7) is 3.33. The highest BCUT2D eigenvalue weighted by molar-refractivity contribution is 5.94. The van der Waals surface area contributed by atoms with E-state index in [-0.39, 0.29) is 11.7 Å². The van der Waals surface area contributed by atoms with Gasteiger partial charge in [-0.2, -0.15) is 5.10 Å². The van der Waals surface area contributed by atoms with Gasteiger partial charge in [-0.05, 0) is 50.1 Å². The average molecular weight is 338 g/mol. The molecule has 128 valence electrons. The van der Waals surface area contributed by atoms with Crippen LogP contribution < -0.4 is 0 Å². The Kier molecular flexibility index (Phi) is 3.95. The molecule has 1 aliphatic heterocycles. The number of carbonyl (C=O) groups is 1. The van der Waals surface area contributed by atoms with Gasteiger partial charge in [0.1, 0.15) is 5.82 Å². The van der Waals surface area contributed by atoms with Gasteiger partial charge >= 0.3 is 0 Å². The van der Waals surface area contributed by atoms with Crippen molar-refractivity contribution in [3.05, 3.63) is 65.4 Å². The number of amides is 1. The van der Waals surface area contributed by atoms with Crippen molar-refractivity contribution < 1.29 is 9.18 Å². The number of hydrogen-bond donors (Lipinski definition) is 0. The lowest BCUT2D eigenvalue weighted by Crippen LogP contribution is -2.38. The summed E-state index contributed by atoms with van der Waals surface area (Å²) in [5, 5.41) is 4.54. The highest BCUT2D eigenvalue weighted by atomic mass is 19.1. The zero-order chi connectivity index (χ0) is 17.4. The number of likely N-dealkylation sites (tertiary alicyclic amines) is 1. The minimum Gasteiger partial charge on any atom is -0.339 e. The van der Waals surface area contributed by atoms with E-state index in [1.165, 1.54) is 12.1 Å². The molecule has 0 N–H and O–H groups in total. The van der Waals surface area contributed by atoms with Gasteiger partial charge in [-0.1, -0.05) is 0 Å². The number of carbonyl (C=O) groups excluding carboxylic acids is 1. The van der Waals surface area contributed by atoms with E-state index in [1.54, 1.807) is 12.1 Å². The molecule has 6 heteroatoms. The second kappa shape index (κ2) is 6.27. The molecule has 0 atom stereocenters. The highest BCUT2D eigenvalue weighted by Gasteiger charge is 2.26. The molecule has 4 rings (SSSR count). The Hall–Kier alpha value is -2.76. The van der Waals surface area contributed by atoms with Gasteiger partial charge < -0.3 is 4.90 Å². The SMILES string of the molecule is Cc1cc2nccc(C3CCN(C(=O)c4ccc(F)cc4)CC3)n2n1. The Bertz CT molecular complexity index is 911. The van der Waals surface area contributed by atoms with E-state index in [0.29, 0.717) is 24.6 Å². The maximum atomic E-state index is 13.0. The Labute approximate surface area is 145 Å². The number of piperidine rings is 1. The Balaban J connectivity index is 1.49. The number of rotatable bonds is 2. The topological polar surface area (TPSA) is 50.5 Å². The van der Waals surface area contributed by atoms with Crippen LogP contribution in [0.5, 0.6) is 0 Å². The molecular weight excluding hydrogens is 319 g/mol. The van der Waals surface area contributed by atoms with Gasteiger partial charge in [-0.3, -0.25) is 4.79 Å². The zero-order valence-electron chi connectivity index (χ0n) is 14.0. The largest absolute Gasteiger partial charge is 0.339 e. The van der Waals surface area contributed by atoms with Crippen molar-refractivity contribution in [2.45, 2.75) is 25.7 Å². The second-order valence-electron chi connectivity index (χ2n) is 6.50. The fourth-order valence-electron chi connectivity index (χ4n) is 3.49. The summed E-state index contributed by atoms with van der Waals surface area (Å²) in [6, 6.07) is 9.73. The van der Waals surface area contributed by atoms with Gasteiger partial charge in [0.15, 0.2) is 5.65 Å². The molecule has 1 aliphatic rings. The lowest BCUT2D eigenvalue weighted by molar-refractivity contribution is 0.0711. The van der Waals surface area contributed by atoms with E-state index in [0.717, 1.165) is 29.9 Å². The molecule has 1 aromatic carbocycles. The smallest absolute Gasteiger partial charge is 0.253 e. The normalized spacial score (nSPS) is 15.7. The maximum Gasteiger partial charge on any atom is 0.253 e. The molecule has 0 bridgehead atoms. The minimum atomic E-state index is -0.327. The molecule has 3 heterocycles. The third-order valence-electron chi connectivity index (χ3n) is 4.80. The molecule has 0 spiro atoms.